The number of cyclic esters (lactones) is 1. The molecule has 0 aromatic carbocycles. The minimum absolute atomic E-state index is 0.132. The lowest BCUT2D eigenvalue weighted by atomic mass is 9.86. The van der Waals surface area contributed by atoms with E-state index in [4.69, 9.17) is 15.2 Å². The van der Waals surface area contributed by atoms with Crippen LogP contribution in [0.25, 0.3) is 0 Å². The highest BCUT2D eigenvalue weighted by molar-refractivity contribution is 5.69. The van der Waals surface area contributed by atoms with Crippen molar-refractivity contribution in [3.63, 3.8) is 0 Å². The van der Waals surface area contributed by atoms with Crippen molar-refractivity contribution in [2.24, 2.45) is 11.7 Å². The van der Waals surface area contributed by atoms with Crippen molar-refractivity contribution in [2.45, 2.75) is 37.9 Å². The number of alkyl carbamates (subject to hydrolysis) is 1. The molecule has 5 nitrogen and oxygen atoms in total. The number of hydrogen-bond donors (Lipinski definition) is 2. The molecule has 16 heavy (non-hydrogen) atoms. The van der Waals surface area contributed by atoms with Gasteiger partial charge in [0.2, 0.25) is 0 Å². The molecule has 3 N–H and O–H groups in total. The van der Waals surface area contributed by atoms with Crippen molar-refractivity contribution in [3.8, 4) is 0 Å². The summed E-state index contributed by atoms with van der Waals surface area (Å²) in [5, 5.41) is 2.62. The summed E-state index contributed by atoms with van der Waals surface area (Å²) >= 11 is 0. The van der Waals surface area contributed by atoms with Crippen LogP contribution in [0.2, 0.25) is 0 Å². The Kier molecular flexibility index (Phi) is 4.01. The summed E-state index contributed by atoms with van der Waals surface area (Å²) in [6, 6.07) is 0. The molecular weight excluding hydrogens is 208 g/mol. The summed E-state index contributed by atoms with van der Waals surface area (Å²) < 4.78 is 10.8. The quantitative estimate of drug-likeness (QED) is 0.740. The van der Waals surface area contributed by atoms with Gasteiger partial charge in [0.25, 0.3) is 0 Å². The smallest absolute Gasteiger partial charge is 0.407 e. The van der Waals surface area contributed by atoms with Crippen molar-refractivity contribution in [2.75, 3.05) is 19.7 Å². The summed E-state index contributed by atoms with van der Waals surface area (Å²) in [5.74, 6) is 0.471. The highest BCUT2D eigenvalue weighted by atomic mass is 16.6. The van der Waals surface area contributed by atoms with Crippen LogP contribution in [0.1, 0.15) is 25.7 Å². The largest absolute Gasteiger partial charge is 0.442 e. The number of ether oxygens (including phenoxy) is 2. The molecule has 3 unspecified atom stereocenters. The molecule has 2 fully saturated rings. The third-order valence-corrected chi connectivity index (χ3v) is 3.39. The average molecular weight is 228 g/mol. The van der Waals surface area contributed by atoms with E-state index in [9.17, 15) is 4.79 Å². The van der Waals surface area contributed by atoms with Crippen molar-refractivity contribution in [3.05, 3.63) is 0 Å². The van der Waals surface area contributed by atoms with Gasteiger partial charge < -0.3 is 20.5 Å². The maximum absolute atomic E-state index is 10.8. The first kappa shape index (κ1) is 11.7. The number of amides is 1. The highest BCUT2D eigenvalue weighted by Crippen LogP contribution is 2.26. The van der Waals surface area contributed by atoms with Gasteiger partial charge in [0.1, 0.15) is 6.10 Å². The maximum atomic E-state index is 10.8. The predicted octanol–water partition coefficient (Wildman–Crippen LogP) is 0.629. The van der Waals surface area contributed by atoms with E-state index in [-0.39, 0.29) is 18.3 Å². The second kappa shape index (κ2) is 5.50. The Hall–Kier alpha value is -0.810. The lowest BCUT2D eigenvalue weighted by Crippen LogP contribution is -2.35. The number of rotatable bonds is 4. The fourth-order valence-electron chi connectivity index (χ4n) is 2.42. The molecule has 2 aliphatic rings. The zero-order chi connectivity index (χ0) is 11.4. The van der Waals surface area contributed by atoms with Crippen LogP contribution in [0.4, 0.5) is 4.79 Å². The zero-order valence-electron chi connectivity index (χ0n) is 9.48. The van der Waals surface area contributed by atoms with E-state index in [0.29, 0.717) is 25.6 Å². The Bertz CT molecular complexity index is 247. The first-order chi connectivity index (χ1) is 7.79. The average Bonchev–Trinajstić information content (AvgIpc) is 2.73. The van der Waals surface area contributed by atoms with Gasteiger partial charge in [0, 0.05) is 0 Å². The van der Waals surface area contributed by atoms with Gasteiger partial charge in [-0.15, -0.1) is 0 Å². The molecule has 3 atom stereocenters. The maximum Gasteiger partial charge on any atom is 0.407 e. The van der Waals surface area contributed by atoms with Crippen molar-refractivity contribution in [1.29, 1.82) is 0 Å². The first-order valence-electron chi connectivity index (χ1n) is 6.05. The lowest BCUT2D eigenvalue weighted by Gasteiger charge is -2.31. The van der Waals surface area contributed by atoms with Crippen molar-refractivity contribution >= 4 is 6.09 Å². The normalized spacial score (nSPS) is 34.6. The van der Waals surface area contributed by atoms with Crippen molar-refractivity contribution in [1.82, 2.24) is 5.32 Å². The number of nitrogens with one attached hydrogen (secondary N) is 1. The molecule has 1 amide bonds. The van der Waals surface area contributed by atoms with E-state index in [2.05, 4.69) is 5.32 Å². The molecule has 1 aliphatic heterocycles. The lowest BCUT2D eigenvalue weighted by molar-refractivity contribution is -0.0407. The molecule has 1 saturated heterocycles. The highest BCUT2D eigenvalue weighted by Gasteiger charge is 2.28. The summed E-state index contributed by atoms with van der Waals surface area (Å²) in [5.41, 5.74) is 5.72. The van der Waals surface area contributed by atoms with Crippen LogP contribution in [-0.2, 0) is 9.47 Å². The van der Waals surface area contributed by atoms with Gasteiger partial charge in [-0.3, -0.25) is 0 Å². The third kappa shape index (κ3) is 2.86. The van der Waals surface area contributed by atoms with Crippen LogP contribution >= 0.6 is 0 Å². The monoisotopic (exact) mass is 228 g/mol. The van der Waals surface area contributed by atoms with E-state index in [1.807, 2.05) is 0 Å². The summed E-state index contributed by atoms with van der Waals surface area (Å²) in [6.45, 7) is 1.73. The third-order valence-electron chi connectivity index (χ3n) is 3.39. The topological polar surface area (TPSA) is 73.6 Å². The van der Waals surface area contributed by atoms with E-state index in [0.717, 1.165) is 12.8 Å². The Morgan fingerprint density at radius 3 is 2.94 bits per heavy atom. The molecule has 2 rings (SSSR count). The Morgan fingerprint density at radius 2 is 2.25 bits per heavy atom. The van der Waals surface area contributed by atoms with Crippen LogP contribution in [0.3, 0.4) is 0 Å². The van der Waals surface area contributed by atoms with Gasteiger partial charge >= 0.3 is 6.09 Å². The minimum Gasteiger partial charge on any atom is -0.442 e. The fraction of sp³-hybridized carbons (Fsp3) is 0.909. The molecule has 0 bridgehead atoms. The number of carbonyl (C=O) groups is 1. The summed E-state index contributed by atoms with van der Waals surface area (Å²) in [4.78, 5) is 10.8. The van der Waals surface area contributed by atoms with Gasteiger partial charge in [-0.2, -0.15) is 0 Å². The Labute approximate surface area is 95.7 Å². The number of carbonyl (C=O) groups excluding carboxylic acids is 1. The minimum atomic E-state index is -0.340. The fourth-order valence-corrected chi connectivity index (χ4v) is 2.42. The molecule has 1 heterocycles. The molecule has 1 aliphatic carbocycles. The second-order valence-corrected chi connectivity index (χ2v) is 4.56. The number of nitrogens with two attached hydrogens (primary N) is 1. The molecule has 0 spiro atoms. The van der Waals surface area contributed by atoms with Crippen LogP contribution in [0.15, 0.2) is 0 Å². The van der Waals surface area contributed by atoms with Crippen LogP contribution in [0, 0.1) is 5.92 Å². The van der Waals surface area contributed by atoms with E-state index >= 15 is 0 Å². The standard InChI is InChI=1S/C11H20N2O3/c12-5-8-3-1-2-4-10(8)15-7-9-6-13-11(14)16-9/h8-10H,1-7,12H2,(H,13,14). The van der Waals surface area contributed by atoms with Gasteiger partial charge in [0.15, 0.2) is 0 Å². The molecule has 0 aromatic heterocycles. The molecule has 5 heteroatoms. The molecule has 0 radical (unpaired) electrons. The van der Waals surface area contributed by atoms with Crippen LogP contribution in [0.5, 0.6) is 0 Å². The van der Waals surface area contributed by atoms with Crippen molar-refractivity contribution < 1.29 is 14.3 Å². The van der Waals surface area contributed by atoms with E-state index in [1.54, 1.807) is 0 Å². The SMILES string of the molecule is NCC1CCCCC1OCC1CNC(=O)O1. The summed E-state index contributed by atoms with van der Waals surface area (Å²) in [7, 11) is 0. The van der Waals surface area contributed by atoms with Crippen LogP contribution in [-0.4, -0.2) is 38.0 Å². The van der Waals surface area contributed by atoms with Gasteiger partial charge in [-0.25, -0.2) is 4.79 Å². The van der Waals surface area contributed by atoms with Gasteiger partial charge in [0.05, 0.1) is 19.3 Å². The predicted molar refractivity (Wildman–Crippen MR) is 59.0 cm³/mol. The van der Waals surface area contributed by atoms with Gasteiger partial charge in [-0.1, -0.05) is 12.8 Å². The first-order valence-corrected chi connectivity index (χ1v) is 6.05. The van der Waals surface area contributed by atoms with E-state index < -0.39 is 0 Å². The van der Waals surface area contributed by atoms with Gasteiger partial charge in [-0.05, 0) is 25.3 Å². The summed E-state index contributed by atoms with van der Waals surface area (Å²) in [6.07, 6.45) is 4.48. The Balaban J connectivity index is 1.73. The number of hydrogen-bond acceptors (Lipinski definition) is 4. The molecule has 1 saturated carbocycles. The molecule has 0 aromatic rings. The Morgan fingerprint density at radius 1 is 1.44 bits per heavy atom. The van der Waals surface area contributed by atoms with E-state index in [1.165, 1.54) is 12.8 Å². The molecular formula is C11H20N2O3. The second-order valence-electron chi connectivity index (χ2n) is 4.56. The zero-order valence-corrected chi connectivity index (χ0v) is 9.48. The molecule has 92 valence electrons. The van der Waals surface area contributed by atoms with Crippen LogP contribution < -0.4 is 11.1 Å².